The third-order valence-corrected chi connectivity index (χ3v) is 2.78. The van der Waals surface area contributed by atoms with E-state index in [0.29, 0.717) is 0 Å². The van der Waals surface area contributed by atoms with Crippen LogP contribution in [0.15, 0.2) is 18.2 Å². The Hall–Kier alpha value is -1.55. The fourth-order valence-corrected chi connectivity index (χ4v) is 1.81. The van der Waals surface area contributed by atoms with Gasteiger partial charge in [0.1, 0.15) is 5.60 Å². The van der Waals surface area contributed by atoms with Crippen molar-refractivity contribution >= 4 is 11.8 Å². The summed E-state index contributed by atoms with van der Waals surface area (Å²) in [7, 11) is 0. The molecule has 4 nitrogen and oxygen atoms in total. The summed E-state index contributed by atoms with van der Waals surface area (Å²) >= 11 is 0. The Morgan fingerprint density at radius 1 is 1.40 bits per heavy atom. The number of hydrogen-bond acceptors (Lipinski definition) is 3. The zero-order valence-electron chi connectivity index (χ0n) is 13.0. The highest BCUT2D eigenvalue weighted by atomic mass is 16.6. The van der Waals surface area contributed by atoms with Crippen molar-refractivity contribution in [2.24, 2.45) is 0 Å². The molecule has 0 radical (unpaired) electrons. The normalized spacial score (nSPS) is 12.9. The zero-order valence-corrected chi connectivity index (χ0v) is 13.0. The molecule has 0 aliphatic carbocycles. The molecule has 112 valence electrons. The number of aliphatic hydroxyl groups excluding tert-OH is 1. The number of hydrogen-bond donors (Lipinski definition) is 2. The van der Waals surface area contributed by atoms with Gasteiger partial charge < -0.3 is 9.84 Å². The van der Waals surface area contributed by atoms with Crippen molar-refractivity contribution < 1.29 is 14.6 Å². The van der Waals surface area contributed by atoms with E-state index in [-0.39, 0.29) is 6.10 Å². The minimum absolute atomic E-state index is 0.296. The lowest BCUT2D eigenvalue weighted by molar-refractivity contribution is 0.0636. The van der Waals surface area contributed by atoms with Crippen LogP contribution in [0.5, 0.6) is 0 Å². The first kappa shape index (κ1) is 16.5. The minimum Gasteiger partial charge on any atom is -0.444 e. The van der Waals surface area contributed by atoms with Gasteiger partial charge >= 0.3 is 6.09 Å². The van der Waals surface area contributed by atoms with Crippen molar-refractivity contribution in [3.05, 3.63) is 29.3 Å². The molecule has 0 saturated heterocycles. The van der Waals surface area contributed by atoms with E-state index in [1.807, 2.05) is 45.9 Å². The molecule has 1 amide bonds. The lowest BCUT2D eigenvalue weighted by atomic mass is 10.0. The minimum atomic E-state index is -0.505. The Kier molecular flexibility index (Phi) is 5.57. The largest absolute Gasteiger partial charge is 0.444 e. The monoisotopic (exact) mass is 279 g/mol. The average Bonchev–Trinajstić information content (AvgIpc) is 2.27. The Morgan fingerprint density at radius 3 is 2.55 bits per heavy atom. The van der Waals surface area contributed by atoms with Crippen molar-refractivity contribution in [2.45, 2.75) is 59.2 Å². The van der Waals surface area contributed by atoms with Gasteiger partial charge in [0.2, 0.25) is 0 Å². The van der Waals surface area contributed by atoms with E-state index in [2.05, 4.69) is 5.32 Å². The lowest BCUT2D eigenvalue weighted by Crippen LogP contribution is -2.27. The van der Waals surface area contributed by atoms with Crippen molar-refractivity contribution in [3.8, 4) is 0 Å². The number of amides is 1. The number of carbonyl (C=O) groups excluding carboxylic acids is 1. The van der Waals surface area contributed by atoms with Gasteiger partial charge in [-0.2, -0.15) is 0 Å². The first-order chi connectivity index (χ1) is 9.17. The smallest absolute Gasteiger partial charge is 0.412 e. The van der Waals surface area contributed by atoms with Gasteiger partial charge in [-0.05, 0) is 64.7 Å². The van der Waals surface area contributed by atoms with Gasteiger partial charge in [0.05, 0.1) is 6.10 Å². The van der Waals surface area contributed by atoms with Crippen LogP contribution in [0.3, 0.4) is 0 Å². The summed E-state index contributed by atoms with van der Waals surface area (Å²) in [6, 6.07) is 5.85. The van der Waals surface area contributed by atoms with Gasteiger partial charge in [-0.1, -0.05) is 12.1 Å². The van der Waals surface area contributed by atoms with E-state index in [9.17, 15) is 9.90 Å². The average molecular weight is 279 g/mol. The van der Waals surface area contributed by atoms with Crippen molar-refractivity contribution in [1.29, 1.82) is 0 Å². The van der Waals surface area contributed by atoms with Gasteiger partial charge in [-0.15, -0.1) is 0 Å². The van der Waals surface area contributed by atoms with E-state index >= 15 is 0 Å². The maximum Gasteiger partial charge on any atom is 0.412 e. The highest BCUT2D eigenvalue weighted by Crippen LogP contribution is 2.19. The fourth-order valence-electron chi connectivity index (χ4n) is 1.81. The van der Waals surface area contributed by atoms with Gasteiger partial charge in [-0.3, -0.25) is 5.32 Å². The van der Waals surface area contributed by atoms with E-state index < -0.39 is 11.7 Å². The number of rotatable bonds is 4. The molecule has 0 aliphatic heterocycles. The summed E-state index contributed by atoms with van der Waals surface area (Å²) < 4.78 is 5.22. The molecular formula is C16H25NO3. The van der Waals surface area contributed by atoms with Crippen LogP contribution in [0.1, 0.15) is 45.2 Å². The summed E-state index contributed by atoms with van der Waals surface area (Å²) in [5, 5.41) is 12.0. The molecule has 20 heavy (non-hydrogen) atoms. The molecule has 0 aromatic heterocycles. The van der Waals surface area contributed by atoms with Crippen LogP contribution in [0.25, 0.3) is 0 Å². The van der Waals surface area contributed by atoms with Crippen LogP contribution in [0, 0.1) is 6.92 Å². The summed E-state index contributed by atoms with van der Waals surface area (Å²) in [5.74, 6) is 0. The van der Waals surface area contributed by atoms with Crippen molar-refractivity contribution in [3.63, 3.8) is 0 Å². The second-order valence-electron chi connectivity index (χ2n) is 6.16. The maximum atomic E-state index is 11.7. The van der Waals surface area contributed by atoms with E-state index in [0.717, 1.165) is 29.7 Å². The molecule has 0 unspecified atom stereocenters. The van der Waals surface area contributed by atoms with Crippen LogP contribution < -0.4 is 5.32 Å². The topological polar surface area (TPSA) is 58.6 Å². The van der Waals surface area contributed by atoms with Crippen LogP contribution in [-0.4, -0.2) is 22.9 Å². The summed E-state index contributed by atoms with van der Waals surface area (Å²) in [6.07, 6.45) is 0.816. The molecule has 0 saturated carbocycles. The van der Waals surface area contributed by atoms with Gasteiger partial charge in [0, 0.05) is 5.69 Å². The van der Waals surface area contributed by atoms with Crippen molar-refractivity contribution in [2.75, 3.05) is 5.32 Å². The third kappa shape index (κ3) is 6.06. The maximum absolute atomic E-state index is 11.7. The first-order valence-electron chi connectivity index (χ1n) is 6.95. The SMILES string of the molecule is Cc1cc(CC[C@H](C)O)ccc1NC(=O)OC(C)(C)C. The molecule has 1 rings (SSSR count). The molecule has 0 fully saturated rings. The second-order valence-corrected chi connectivity index (χ2v) is 6.16. The third-order valence-electron chi connectivity index (χ3n) is 2.78. The second kappa shape index (κ2) is 6.75. The number of benzene rings is 1. The number of anilines is 1. The Bertz CT molecular complexity index is 461. The number of ether oxygens (including phenoxy) is 1. The van der Waals surface area contributed by atoms with Gasteiger partial charge in [0.15, 0.2) is 0 Å². The molecule has 4 heteroatoms. The highest BCUT2D eigenvalue weighted by Gasteiger charge is 2.16. The molecule has 0 heterocycles. The number of carbonyl (C=O) groups is 1. The predicted octanol–water partition coefficient (Wildman–Crippen LogP) is 3.66. The summed E-state index contributed by atoms with van der Waals surface area (Å²) in [4.78, 5) is 11.7. The Morgan fingerprint density at radius 2 is 2.05 bits per heavy atom. The number of aliphatic hydroxyl groups is 1. The van der Waals surface area contributed by atoms with Crippen LogP contribution >= 0.6 is 0 Å². The lowest BCUT2D eigenvalue weighted by Gasteiger charge is -2.20. The Labute approximate surface area is 121 Å². The number of aryl methyl sites for hydroxylation is 2. The number of nitrogens with one attached hydrogen (secondary N) is 1. The van der Waals surface area contributed by atoms with Crippen LogP contribution in [0.4, 0.5) is 10.5 Å². The highest BCUT2D eigenvalue weighted by molar-refractivity contribution is 5.85. The van der Waals surface area contributed by atoms with E-state index in [1.165, 1.54) is 0 Å². The van der Waals surface area contributed by atoms with Gasteiger partial charge in [0.25, 0.3) is 0 Å². The summed E-state index contributed by atoms with van der Waals surface area (Å²) in [6.45, 7) is 9.22. The molecule has 2 N–H and O–H groups in total. The molecule has 1 aromatic rings. The molecule has 0 aliphatic rings. The van der Waals surface area contributed by atoms with Gasteiger partial charge in [-0.25, -0.2) is 4.79 Å². The first-order valence-corrected chi connectivity index (χ1v) is 6.95. The molecule has 1 aromatic carbocycles. The fraction of sp³-hybridized carbons (Fsp3) is 0.562. The van der Waals surface area contributed by atoms with Crippen molar-refractivity contribution in [1.82, 2.24) is 0 Å². The standard InChI is InChI=1S/C16H25NO3/c1-11-10-13(7-6-12(2)18)8-9-14(11)17-15(19)20-16(3,4)5/h8-10,12,18H,6-7H2,1-5H3,(H,17,19)/t12-/m0/s1. The zero-order chi connectivity index (χ0) is 15.3. The molecule has 1 atom stereocenters. The Balaban J connectivity index is 2.66. The van der Waals surface area contributed by atoms with Crippen LogP contribution in [-0.2, 0) is 11.2 Å². The van der Waals surface area contributed by atoms with E-state index in [1.54, 1.807) is 6.92 Å². The van der Waals surface area contributed by atoms with Crippen LogP contribution in [0.2, 0.25) is 0 Å². The summed E-state index contributed by atoms with van der Waals surface area (Å²) in [5.41, 5.74) is 2.38. The van der Waals surface area contributed by atoms with E-state index in [4.69, 9.17) is 4.74 Å². The molecule has 0 bridgehead atoms. The quantitative estimate of drug-likeness (QED) is 0.884. The predicted molar refractivity (Wildman–Crippen MR) is 81.0 cm³/mol. The molecular weight excluding hydrogens is 254 g/mol. The molecule has 0 spiro atoms.